The highest BCUT2D eigenvalue weighted by Crippen LogP contribution is 2.24. The van der Waals surface area contributed by atoms with Gasteiger partial charge in [0.15, 0.2) is 0 Å². The first-order chi connectivity index (χ1) is 8.15. The molecule has 0 aliphatic carbocycles. The molecule has 17 heavy (non-hydrogen) atoms. The van der Waals surface area contributed by atoms with Crippen LogP contribution in [0, 0.1) is 5.92 Å². The number of allylic oxidation sites excluding steroid dienone is 2. The van der Waals surface area contributed by atoms with Gasteiger partial charge in [-0.15, -0.1) is 11.6 Å². The summed E-state index contributed by atoms with van der Waals surface area (Å²) in [4.78, 5) is 4.28. The van der Waals surface area contributed by atoms with E-state index in [0.29, 0.717) is 12.5 Å². The molecule has 2 heteroatoms. The molecule has 0 saturated carbocycles. The van der Waals surface area contributed by atoms with Crippen molar-refractivity contribution in [2.45, 2.75) is 44.9 Å². The van der Waals surface area contributed by atoms with Crippen LogP contribution in [0.1, 0.15) is 39.5 Å². The molecular formula is C15H22ClN. The number of alkyl halides is 1. The summed E-state index contributed by atoms with van der Waals surface area (Å²) in [5.74, 6) is 3.53. The van der Waals surface area contributed by atoms with Crippen molar-refractivity contribution < 1.29 is 0 Å². The Morgan fingerprint density at radius 3 is 3.18 bits per heavy atom. The predicted molar refractivity (Wildman–Crippen MR) is 77.0 cm³/mol. The molecule has 0 bridgehead atoms. The van der Waals surface area contributed by atoms with Crippen molar-refractivity contribution in [3.63, 3.8) is 0 Å². The lowest BCUT2D eigenvalue weighted by Gasteiger charge is -2.15. The molecule has 1 rings (SSSR count). The maximum atomic E-state index is 6.34. The highest BCUT2D eigenvalue weighted by atomic mass is 35.5. The molecule has 0 spiro atoms. The summed E-state index contributed by atoms with van der Waals surface area (Å²) in [6.07, 6.45) is 8.48. The molecule has 0 aromatic rings. The van der Waals surface area contributed by atoms with E-state index in [1.807, 2.05) is 6.08 Å². The number of aliphatic imine (C=N–C) groups is 1. The van der Waals surface area contributed by atoms with Crippen LogP contribution in [0.4, 0.5) is 0 Å². The first-order valence-corrected chi connectivity index (χ1v) is 6.86. The van der Waals surface area contributed by atoms with Gasteiger partial charge in [-0.25, -0.2) is 4.99 Å². The summed E-state index contributed by atoms with van der Waals surface area (Å²) in [5, 5.41) is 0.0291. The van der Waals surface area contributed by atoms with E-state index >= 15 is 0 Å². The van der Waals surface area contributed by atoms with Gasteiger partial charge in [0.25, 0.3) is 0 Å². The van der Waals surface area contributed by atoms with E-state index in [0.717, 1.165) is 18.4 Å². The quantitative estimate of drug-likeness (QED) is 0.654. The zero-order chi connectivity index (χ0) is 12.7. The minimum atomic E-state index is 0.0291. The van der Waals surface area contributed by atoms with E-state index in [4.69, 9.17) is 11.6 Å². The SMILES string of the molecule is C=C1C(=CC(C)CCC)CN=C=CCCC1Cl. The Morgan fingerprint density at radius 2 is 2.47 bits per heavy atom. The fourth-order valence-electron chi connectivity index (χ4n) is 2.01. The van der Waals surface area contributed by atoms with Crippen molar-refractivity contribution >= 4 is 17.5 Å². The second kappa shape index (κ2) is 7.53. The average molecular weight is 252 g/mol. The molecule has 1 nitrogen and oxygen atoms in total. The van der Waals surface area contributed by atoms with Crippen LogP contribution in [-0.2, 0) is 0 Å². The number of hydrogen-bond donors (Lipinski definition) is 0. The van der Waals surface area contributed by atoms with Gasteiger partial charge >= 0.3 is 0 Å². The Bertz CT molecular complexity index is 348. The summed E-state index contributed by atoms with van der Waals surface area (Å²) in [6.45, 7) is 9.23. The zero-order valence-electron chi connectivity index (χ0n) is 10.9. The summed E-state index contributed by atoms with van der Waals surface area (Å²) in [5.41, 5.74) is 2.23. The molecule has 0 amide bonds. The Hall–Kier alpha value is -0.780. The van der Waals surface area contributed by atoms with E-state index < -0.39 is 0 Å². The van der Waals surface area contributed by atoms with Crippen molar-refractivity contribution in [2.24, 2.45) is 10.9 Å². The third-order valence-corrected chi connectivity index (χ3v) is 3.50. The first-order valence-electron chi connectivity index (χ1n) is 6.42. The van der Waals surface area contributed by atoms with Crippen LogP contribution in [0.25, 0.3) is 0 Å². The second-order valence-corrected chi connectivity index (χ2v) is 5.20. The zero-order valence-corrected chi connectivity index (χ0v) is 11.6. The Labute approximate surface area is 110 Å². The van der Waals surface area contributed by atoms with Gasteiger partial charge in [-0.3, -0.25) is 0 Å². The highest BCUT2D eigenvalue weighted by molar-refractivity contribution is 6.22. The summed E-state index contributed by atoms with van der Waals surface area (Å²) < 4.78 is 0. The van der Waals surface area contributed by atoms with Crippen LogP contribution in [0.5, 0.6) is 0 Å². The summed E-state index contributed by atoms with van der Waals surface area (Å²) in [7, 11) is 0. The lowest BCUT2D eigenvalue weighted by molar-refractivity contribution is 0.629. The van der Waals surface area contributed by atoms with Crippen LogP contribution >= 0.6 is 11.6 Å². The molecule has 0 aromatic carbocycles. The van der Waals surface area contributed by atoms with E-state index in [2.05, 4.69) is 37.4 Å². The van der Waals surface area contributed by atoms with Gasteiger partial charge in [-0.05, 0) is 48.3 Å². The maximum Gasteiger partial charge on any atom is 0.0734 e. The predicted octanol–water partition coefficient (Wildman–Crippen LogP) is 4.53. The van der Waals surface area contributed by atoms with Gasteiger partial charge in [0.2, 0.25) is 0 Å². The van der Waals surface area contributed by atoms with Gasteiger partial charge in [-0.2, -0.15) is 0 Å². The molecule has 0 N–H and O–H groups in total. The molecule has 1 heterocycles. The first kappa shape index (κ1) is 14.3. The van der Waals surface area contributed by atoms with Gasteiger partial charge in [-0.1, -0.05) is 32.9 Å². The van der Waals surface area contributed by atoms with E-state index in [9.17, 15) is 0 Å². The monoisotopic (exact) mass is 251 g/mol. The van der Waals surface area contributed by atoms with E-state index in [-0.39, 0.29) is 5.38 Å². The minimum Gasteiger partial charge on any atom is -0.239 e. The topological polar surface area (TPSA) is 12.4 Å². The molecule has 2 unspecified atom stereocenters. The molecule has 1 aliphatic rings. The molecule has 94 valence electrons. The van der Waals surface area contributed by atoms with E-state index in [1.54, 1.807) is 0 Å². The summed E-state index contributed by atoms with van der Waals surface area (Å²) >= 11 is 6.34. The van der Waals surface area contributed by atoms with Crippen LogP contribution in [-0.4, -0.2) is 17.8 Å². The molecular weight excluding hydrogens is 230 g/mol. The third-order valence-electron chi connectivity index (χ3n) is 3.02. The molecule has 1 aliphatic heterocycles. The second-order valence-electron chi connectivity index (χ2n) is 4.68. The largest absolute Gasteiger partial charge is 0.239 e. The Morgan fingerprint density at radius 1 is 1.71 bits per heavy atom. The van der Waals surface area contributed by atoms with Gasteiger partial charge in [0.1, 0.15) is 0 Å². The Kier molecular flexibility index (Phi) is 6.32. The van der Waals surface area contributed by atoms with Crippen LogP contribution < -0.4 is 0 Å². The smallest absolute Gasteiger partial charge is 0.0734 e. The summed E-state index contributed by atoms with van der Waals surface area (Å²) in [6, 6.07) is 0. The van der Waals surface area contributed by atoms with Gasteiger partial charge < -0.3 is 0 Å². The highest BCUT2D eigenvalue weighted by Gasteiger charge is 2.14. The molecule has 0 aromatic heterocycles. The van der Waals surface area contributed by atoms with Crippen LogP contribution in [0.3, 0.4) is 0 Å². The van der Waals surface area contributed by atoms with Crippen molar-refractivity contribution in [1.82, 2.24) is 0 Å². The van der Waals surface area contributed by atoms with Gasteiger partial charge in [0.05, 0.1) is 11.9 Å². The fraction of sp³-hybridized carbons (Fsp3) is 0.600. The van der Waals surface area contributed by atoms with Crippen molar-refractivity contribution in [3.8, 4) is 0 Å². The number of nitrogens with zero attached hydrogens (tertiary/aromatic N) is 1. The maximum absolute atomic E-state index is 6.34. The lowest BCUT2D eigenvalue weighted by Crippen LogP contribution is -2.07. The third kappa shape index (κ3) is 4.93. The molecule has 0 fully saturated rings. The molecule has 0 radical (unpaired) electrons. The average Bonchev–Trinajstić information content (AvgIpc) is 2.36. The standard InChI is InChI=1S/C15H22ClN/c1-4-7-12(2)10-14-11-17-9-6-5-8-15(16)13(14)3/h6,10,12,15H,3-5,7-8,11H2,1-2H3. The van der Waals surface area contributed by atoms with Gasteiger partial charge in [0, 0.05) is 0 Å². The van der Waals surface area contributed by atoms with Crippen molar-refractivity contribution in [3.05, 3.63) is 29.9 Å². The van der Waals surface area contributed by atoms with E-state index in [1.165, 1.54) is 18.4 Å². The normalized spacial score (nSPS) is 25.5. The number of rotatable bonds is 3. The lowest BCUT2D eigenvalue weighted by atomic mass is 9.96. The number of hydrogen-bond acceptors (Lipinski definition) is 1. The fourth-order valence-corrected chi connectivity index (χ4v) is 2.27. The van der Waals surface area contributed by atoms with Crippen molar-refractivity contribution in [1.29, 1.82) is 0 Å². The van der Waals surface area contributed by atoms with Crippen LogP contribution in [0.15, 0.2) is 34.9 Å². The molecule has 0 saturated heterocycles. The molecule has 2 atom stereocenters. The Balaban J connectivity index is 2.83. The van der Waals surface area contributed by atoms with Crippen LogP contribution in [0.2, 0.25) is 0 Å². The number of halogens is 1. The minimum absolute atomic E-state index is 0.0291. The van der Waals surface area contributed by atoms with Crippen molar-refractivity contribution in [2.75, 3.05) is 6.54 Å².